The number of rotatable bonds is 7. The van der Waals surface area contributed by atoms with Gasteiger partial charge < -0.3 is 5.73 Å². The number of hydrogen-bond donors (Lipinski definition) is 1. The van der Waals surface area contributed by atoms with Gasteiger partial charge in [-0.05, 0) is 30.9 Å². The normalized spacial score (nSPS) is 14.8. The molecule has 0 amide bonds. The monoisotopic (exact) mass is 253 g/mol. The van der Waals surface area contributed by atoms with Crippen LogP contribution in [0.15, 0.2) is 30.3 Å². The predicted molar refractivity (Wildman–Crippen MR) is 75.3 cm³/mol. The first kappa shape index (κ1) is 14.4. The Bertz CT molecular complexity index is 337. The van der Waals surface area contributed by atoms with E-state index in [9.17, 15) is 4.21 Å². The van der Waals surface area contributed by atoms with Gasteiger partial charge in [-0.3, -0.25) is 4.21 Å². The lowest BCUT2D eigenvalue weighted by Crippen LogP contribution is -2.15. The van der Waals surface area contributed by atoms with Crippen molar-refractivity contribution in [3.8, 4) is 0 Å². The van der Waals surface area contributed by atoms with Gasteiger partial charge in [0.2, 0.25) is 0 Å². The molecule has 2 N–H and O–H groups in total. The number of benzene rings is 1. The maximum atomic E-state index is 12.3. The highest BCUT2D eigenvalue weighted by Crippen LogP contribution is 2.24. The van der Waals surface area contributed by atoms with Crippen LogP contribution in [0, 0.1) is 5.92 Å². The topological polar surface area (TPSA) is 43.1 Å². The van der Waals surface area contributed by atoms with Crippen LogP contribution in [-0.2, 0) is 10.8 Å². The minimum absolute atomic E-state index is 0.0972. The van der Waals surface area contributed by atoms with Gasteiger partial charge in [0.15, 0.2) is 0 Å². The lowest BCUT2D eigenvalue weighted by molar-refractivity contribution is 0.613. The molecule has 0 aliphatic carbocycles. The zero-order valence-corrected chi connectivity index (χ0v) is 11.6. The van der Waals surface area contributed by atoms with Gasteiger partial charge in [-0.25, -0.2) is 0 Å². The molecule has 0 aromatic heterocycles. The van der Waals surface area contributed by atoms with Gasteiger partial charge in [-0.15, -0.1) is 0 Å². The van der Waals surface area contributed by atoms with Gasteiger partial charge in [0, 0.05) is 16.6 Å². The second-order valence-electron chi connectivity index (χ2n) is 4.74. The van der Waals surface area contributed by atoms with E-state index in [2.05, 4.69) is 13.8 Å². The van der Waals surface area contributed by atoms with Crippen LogP contribution >= 0.6 is 0 Å². The molecule has 0 radical (unpaired) electrons. The molecule has 0 bridgehead atoms. The van der Waals surface area contributed by atoms with E-state index in [1.165, 1.54) is 0 Å². The second-order valence-corrected chi connectivity index (χ2v) is 6.48. The maximum absolute atomic E-state index is 12.3. The van der Waals surface area contributed by atoms with E-state index in [1.807, 2.05) is 30.3 Å². The molecule has 0 spiro atoms. The Morgan fingerprint density at radius 3 is 2.35 bits per heavy atom. The Hall–Kier alpha value is -0.670. The summed E-state index contributed by atoms with van der Waals surface area (Å²) in [6, 6.07) is 10.1. The van der Waals surface area contributed by atoms with Crippen molar-refractivity contribution in [1.82, 2.24) is 0 Å². The summed E-state index contributed by atoms with van der Waals surface area (Å²) in [4.78, 5) is 0. The molecule has 96 valence electrons. The van der Waals surface area contributed by atoms with Crippen LogP contribution in [0.3, 0.4) is 0 Å². The zero-order chi connectivity index (χ0) is 12.7. The van der Waals surface area contributed by atoms with Crippen molar-refractivity contribution in [2.24, 2.45) is 11.7 Å². The molecule has 1 aromatic rings. The first-order valence-corrected chi connectivity index (χ1v) is 7.65. The first-order chi connectivity index (χ1) is 8.15. The van der Waals surface area contributed by atoms with Gasteiger partial charge in [0.1, 0.15) is 0 Å². The molecule has 2 atom stereocenters. The van der Waals surface area contributed by atoms with Gasteiger partial charge in [0.05, 0.1) is 5.25 Å². The Balaban J connectivity index is 2.69. The van der Waals surface area contributed by atoms with Crippen LogP contribution in [0.2, 0.25) is 0 Å². The number of nitrogens with two attached hydrogens (primary N) is 1. The van der Waals surface area contributed by atoms with Gasteiger partial charge in [0.25, 0.3) is 0 Å². The fourth-order valence-corrected chi connectivity index (χ4v) is 3.61. The summed E-state index contributed by atoms with van der Waals surface area (Å²) in [6.45, 7) is 4.92. The van der Waals surface area contributed by atoms with E-state index in [0.29, 0.717) is 12.5 Å². The molecule has 3 heteroatoms. The van der Waals surface area contributed by atoms with Crippen molar-refractivity contribution in [2.45, 2.75) is 31.9 Å². The lowest BCUT2D eigenvalue weighted by Gasteiger charge is -2.17. The Morgan fingerprint density at radius 1 is 1.18 bits per heavy atom. The minimum Gasteiger partial charge on any atom is -0.330 e. The molecule has 0 saturated heterocycles. The van der Waals surface area contributed by atoms with Crippen molar-refractivity contribution < 1.29 is 4.21 Å². The highest BCUT2D eigenvalue weighted by Gasteiger charge is 2.17. The summed E-state index contributed by atoms with van der Waals surface area (Å²) in [5, 5.41) is 0.0972. The van der Waals surface area contributed by atoms with Crippen molar-refractivity contribution in [1.29, 1.82) is 0 Å². The van der Waals surface area contributed by atoms with Crippen molar-refractivity contribution >= 4 is 10.8 Å². The predicted octanol–water partition coefficient (Wildman–Crippen LogP) is 2.87. The third-order valence-electron chi connectivity index (χ3n) is 2.81. The van der Waals surface area contributed by atoms with Gasteiger partial charge in [-0.2, -0.15) is 0 Å². The van der Waals surface area contributed by atoms with E-state index in [-0.39, 0.29) is 5.25 Å². The van der Waals surface area contributed by atoms with E-state index < -0.39 is 10.8 Å². The molecule has 1 rings (SSSR count). The molecule has 0 aliphatic heterocycles. The molecule has 0 fully saturated rings. The van der Waals surface area contributed by atoms with Crippen molar-refractivity contribution in [3.05, 3.63) is 35.9 Å². The largest absolute Gasteiger partial charge is 0.330 e. The summed E-state index contributed by atoms with van der Waals surface area (Å²) < 4.78 is 12.3. The van der Waals surface area contributed by atoms with E-state index in [0.717, 1.165) is 24.2 Å². The average Bonchev–Trinajstić information content (AvgIpc) is 2.34. The quantitative estimate of drug-likeness (QED) is 0.812. The molecular formula is C14H23NOS. The first-order valence-electron chi connectivity index (χ1n) is 6.27. The van der Waals surface area contributed by atoms with Crippen molar-refractivity contribution in [2.75, 3.05) is 12.3 Å². The molecule has 0 heterocycles. The fraction of sp³-hybridized carbons (Fsp3) is 0.571. The van der Waals surface area contributed by atoms with Crippen LogP contribution < -0.4 is 5.73 Å². The fourth-order valence-electron chi connectivity index (χ4n) is 1.76. The lowest BCUT2D eigenvalue weighted by atomic mass is 10.1. The summed E-state index contributed by atoms with van der Waals surface area (Å²) in [6.07, 6.45) is 1.81. The van der Waals surface area contributed by atoms with Crippen LogP contribution in [0.25, 0.3) is 0 Å². The molecule has 2 nitrogen and oxygen atoms in total. The van der Waals surface area contributed by atoms with Gasteiger partial charge in [-0.1, -0.05) is 44.2 Å². The molecule has 17 heavy (non-hydrogen) atoms. The Labute approximate surface area is 107 Å². The van der Waals surface area contributed by atoms with Gasteiger partial charge >= 0.3 is 0 Å². The van der Waals surface area contributed by atoms with Crippen LogP contribution in [0.5, 0.6) is 0 Å². The molecule has 0 aliphatic rings. The van der Waals surface area contributed by atoms with E-state index in [4.69, 9.17) is 5.73 Å². The molecule has 1 aromatic carbocycles. The molecule has 2 unspecified atom stereocenters. The third kappa shape index (κ3) is 5.00. The maximum Gasteiger partial charge on any atom is 0.0609 e. The average molecular weight is 253 g/mol. The summed E-state index contributed by atoms with van der Waals surface area (Å²) in [5.74, 6) is 1.38. The molecule has 0 saturated carbocycles. The smallest absolute Gasteiger partial charge is 0.0609 e. The zero-order valence-electron chi connectivity index (χ0n) is 10.8. The summed E-state index contributed by atoms with van der Waals surface area (Å²) in [5.41, 5.74) is 6.78. The second kappa shape index (κ2) is 7.62. The number of hydrogen-bond acceptors (Lipinski definition) is 2. The minimum atomic E-state index is -0.809. The highest BCUT2D eigenvalue weighted by molar-refractivity contribution is 7.85. The summed E-state index contributed by atoms with van der Waals surface area (Å²) in [7, 11) is -0.809. The standard InChI is InChI=1S/C14H23NOS/c1-12(2)9-11-17(16)14(8-10-15)13-6-4-3-5-7-13/h3-7,12,14H,8-11,15H2,1-2H3. The third-order valence-corrected chi connectivity index (χ3v) is 4.59. The van der Waals surface area contributed by atoms with Crippen LogP contribution in [-0.4, -0.2) is 16.5 Å². The Kier molecular flexibility index (Phi) is 6.45. The summed E-state index contributed by atoms with van der Waals surface area (Å²) >= 11 is 0. The Morgan fingerprint density at radius 2 is 1.82 bits per heavy atom. The van der Waals surface area contributed by atoms with Crippen LogP contribution in [0.4, 0.5) is 0 Å². The van der Waals surface area contributed by atoms with E-state index >= 15 is 0 Å². The molecular weight excluding hydrogens is 230 g/mol. The van der Waals surface area contributed by atoms with Crippen molar-refractivity contribution in [3.63, 3.8) is 0 Å². The SMILES string of the molecule is CC(C)CCS(=O)C(CCN)c1ccccc1. The van der Waals surface area contributed by atoms with Crippen LogP contribution in [0.1, 0.15) is 37.5 Å². The highest BCUT2D eigenvalue weighted by atomic mass is 32.2. The van der Waals surface area contributed by atoms with E-state index in [1.54, 1.807) is 0 Å².